The van der Waals surface area contributed by atoms with Crippen molar-refractivity contribution in [2.75, 3.05) is 13.1 Å². The number of benzene rings is 2. The maximum absolute atomic E-state index is 12.4. The predicted octanol–water partition coefficient (Wildman–Crippen LogP) is 2.14. The fourth-order valence-electron chi connectivity index (χ4n) is 2.80. The van der Waals surface area contributed by atoms with Crippen LogP contribution in [0.3, 0.4) is 0 Å². The van der Waals surface area contributed by atoms with E-state index in [0.717, 1.165) is 5.56 Å². The minimum atomic E-state index is -0.874. The first-order valence-corrected chi connectivity index (χ1v) is 7.63. The van der Waals surface area contributed by atoms with Crippen LogP contribution >= 0.6 is 0 Å². The quantitative estimate of drug-likeness (QED) is 0.483. The number of rotatable bonds is 5. The highest BCUT2D eigenvalue weighted by atomic mass is 16.2. The lowest BCUT2D eigenvalue weighted by molar-refractivity contribution is -0.140. The summed E-state index contributed by atoms with van der Waals surface area (Å²) in [6.45, 7) is 0.630. The fraction of sp³-hybridized carbons (Fsp3) is 0.211. The molecule has 1 aliphatic heterocycles. The molecule has 1 heterocycles. The Morgan fingerprint density at radius 2 is 1.57 bits per heavy atom. The highest BCUT2D eigenvalue weighted by Gasteiger charge is 2.42. The number of ketones is 2. The van der Waals surface area contributed by atoms with Crippen LogP contribution in [0.2, 0.25) is 0 Å². The lowest BCUT2D eigenvalue weighted by Crippen LogP contribution is -2.29. The molecule has 23 heavy (non-hydrogen) atoms. The fourth-order valence-corrected chi connectivity index (χ4v) is 2.80. The van der Waals surface area contributed by atoms with Crippen molar-refractivity contribution in [2.45, 2.75) is 6.42 Å². The van der Waals surface area contributed by atoms with Gasteiger partial charge in [0.15, 0.2) is 5.78 Å². The van der Waals surface area contributed by atoms with Crippen LogP contribution in [0.15, 0.2) is 60.7 Å². The lowest BCUT2D eigenvalue weighted by Gasteiger charge is -2.15. The highest BCUT2D eigenvalue weighted by Crippen LogP contribution is 2.19. The second kappa shape index (κ2) is 6.57. The Hall–Kier alpha value is -2.75. The molecule has 1 amide bonds. The summed E-state index contributed by atoms with van der Waals surface area (Å²) in [5.74, 6) is -2.28. The number of nitrogens with zero attached hydrogens (tertiary/aromatic N) is 1. The molecule has 0 N–H and O–H groups in total. The van der Waals surface area contributed by atoms with Gasteiger partial charge >= 0.3 is 0 Å². The maximum atomic E-state index is 12.4. The van der Waals surface area contributed by atoms with Crippen molar-refractivity contribution in [1.82, 2.24) is 4.90 Å². The topological polar surface area (TPSA) is 54.5 Å². The average Bonchev–Trinajstić information content (AvgIpc) is 2.89. The van der Waals surface area contributed by atoms with Crippen molar-refractivity contribution < 1.29 is 14.4 Å². The average molecular weight is 307 g/mol. The third-order valence-corrected chi connectivity index (χ3v) is 4.11. The molecule has 1 atom stereocenters. The van der Waals surface area contributed by atoms with Gasteiger partial charge in [0.25, 0.3) is 5.91 Å². The Bertz CT molecular complexity index is 725. The van der Waals surface area contributed by atoms with Gasteiger partial charge in [0, 0.05) is 18.7 Å². The Kier molecular flexibility index (Phi) is 4.33. The number of carbonyl (C=O) groups is 3. The molecule has 0 aromatic heterocycles. The Morgan fingerprint density at radius 3 is 2.22 bits per heavy atom. The van der Waals surface area contributed by atoms with Crippen molar-refractivity contribution in [2.24, 2.45) is 5.92 Å². The van der Waals surface area contributed by atoms with Crippen LogP contribution in [0.5, 0.6) is 0 Å². The van der Waals surface area contributed by atoms with Crippen molar-refractivity contribution in [3.63, 3.8) is 0 Å². The van der Waals surface area contributed by atoms with Gasteiger partial charge < -0.3 is 4.90 Å². The van der Waals surface area contributed by atoms with Gasteiger partial charge in [-0.2, -0.15) is 0 Å². The molecule has 1 fully saturated rings. The first-order valence-electron chi connectivity index (χ1n) is 7.63. The summed E-state index contributed by atoms with van der Waals surface area (Å²) in [6.07, 6.45) is 0.673. The molecule has 0 unspecified atom stereocenters. The number of Topliss-reactive ketones (excluding diaryl/α,β-unsaturated/α-hetero) is 2. The summed E-state index contributed by atoms with van der Waals surface area (Å²) in [4.78, 5) is 38.1. The number of carbonyl (C=O) groups excluding carboxylic acids is 3. The van der Waals surface area contributed by atoms with E-state index in [1.807, 2.05) is 36.4 Å². The van der Waals surface area contributed by atoms with Gasteiger partial charge in [-0.1, -0.05) is 60.7 Å². The molecule has 2 aromatic carbocycles. The van der Waals surface area contributed by atoms with Gasteiger partial charge in [-0.25, -0.2) is 0 Å². The van der Waals surface area contributed by atoms with Crippen molar-refractivity contribution in [3.8, 4) is 0 Å². The van der Waals surface area contributed by atoms with Crippen molar-refractivity contribution in [1.29, 1.82) is 0 Å². The normalized spacial score (nSPS) is 17.6. The van der Waals surface area contributed by atoms with Crippen LogP contribution in [0.4, 0.5) is 0 Å². The summed E-state index contributed by atoms with van der Waals surface area (Å²) >= 11 is 0. The lowest BCUT2D eigenvalue weighted by atomic mass is 9.96. The predicted molar refractivity (Wildman–Crippen MR) is 86.0 cm³/mol. The van der Waals surface area contributed by atoms with E-state index in [0.29, 0.717) is 18.5 Å². The standard InChI is InChI=1S/C19H17NO3/c21-17(15-9-5-2-6-10-15)16-13-20(19(23)18(16)22)12-11-14-7-3-1-4-8-14/h1-10,16H,11-13H2/t16-/m1/s1. The van der Waals surface area contributed by atoms with E-state index >= 15 is 0 Å². The summed E-state index contributed by atoms with van der Waals surface area (Å²) in [6, 6.07) is 18.4. The third-order valence-electron chi connectivity index (χ3n) is 4.11. The van der Waals surface area contributed by atoms with Gasteiger partial charge in [0.2, 0.25) is 5.78 Å². The molecule has 3 rings (SSSR count). The van der Waals surface area contributed by atoms with Gasteiger partial charge in [-0.15, -0.1) is 0 Å². The molecule has 0 spiro atoms. The van der Waals surface area contributed by atoms with E-state index in [9.17, 15) is 14.4 Å². The molecule has 4 heteroatoms. The molecule has 2 aromatic rings. The minimum absolute atomic E-state index is 0.179. The molecular formula is C19H17NO3. The second-order valence-corrected chi connectivity index (χ2v) is 5.63. The SMILES string of the molecule is O=C1C(=O)N(CCc2ccccc2)C[C@@H]1C(=O)c1ccccc1. The van der Waals surface area contributed by atoms with E-state index < -0.39 is 17.6 Å². The van der Waals surface area contributed by atoms with Crippen LogP contribution in [0, 0.1) is 5.92 Å². The number of amides is 1. The van der Waals surface area contributed by atoms with Crippen LogP contribution in [0.25, 0.3) is 0 Å². The second-order valence-electron chi connectivity index (χ2n) is 5.63. The number of likely N-dealkylation sites (tertiary alicyclic amines) is 1. The largest absolute Gasteiger partial charge is 0.335 e. The smallest absolute Gasteiger partial charge is 0.290 e. The Labute approximate surface area is 134 Å². The maximum Gasteiger partial charge on any atom is 0.290 e. The van der Waals surface area contributed by atoms with E-state index in [4.69, 9.17) is 0 Å². The molecular weight excluding hydrogens is 290 g/mol. The number of hydrogen-bond donors (Lipinski definition) is 0. The van der Waals surface area contributed by atoms with E-state index in [1.165, 1.54) is 4.90 Å². The first kappa shape index (κ1) is 15.2. The van der Waals surface area contributed by atoms with Crippen LogP contribution < -0.4 is 0 Å². The van der Waals surface area contributed by atoms with E-state index in [1.54, 1.807) is 24.3 Å². The van der Waals surface area contributed by atoms with E-state index in [-0.39, 0.29) is 12.3 Å². The molecule has 116 valence electrons. The molecule has 0 saturated carbocycles. The monoisotopic (exact) mass is 307 g/mol. The van der Waals surface area contributed by atoms with Crippen molar-refractivity contribution >= 4 is 17.5 Å². The molecule has 0 bridgehead atoms. The molecule has 0 aliphatic carbocycles. The Balaban J connectivity index is 1.68. The van der Waals surface area contributed by atoms with E-state index in [2.05, 4.69) is 0 Å². The van der Waals surface area contributed by atoms with Gasteiger partial charge in [0.05, 0.1) is 0 Å². The number of hydrogen-bond acceptors (Lipinski definition) is 3. The summed E-state index contributed by atoms with van der Waals surface area (Å²) in [5.41, 5.74) is 1.58. The summed E-state index contributed by atoms with van der Waals surface area (Å²) < 4.78 is 0. The van der Waals surface area contributed by atoms with Gasteiger partial charge in [0.1, 0.15) is 5.92 Å². The van der Waals surface area contributed by atoms with Crippen LogP contribution in [0.1, 0.15) is 15.9 Å². The molecule has 0 radical (unpaired) electrons. The summed E-state index contributed by atoms with van der Waals surface area (Å²) in [7, 11) is 0. The minimum Gasteiger partial charge on any atom is -0.335 e. The zero-order chi connectivity index (χ0) is 16.2. The zero-order valence-electron chi connectivity index (χ0n) is 12.6. The van der Waals surface area contributed by atoms with Crippen LogP contribution in [-0.4, -0.2) is 35.5 Å². The zero-order valence-corrected chi connectivity index (χ0v) is 12.6. The van der Waals surface area contributed by atoms with Gasteiger partial charge in [-0.05, 0) is 12.0 Å². The molecule has 1 aliphatic rings. The van der Waals surface area contributed by atoms with Gasteiger partial charge in [-0.3, -0.25) is 14.4 Å². The molecule has 1 saturated heterocycles. The van der Waals surface area contributed by atoms with Crippen molar-refractivity contribution in [3.05, 3.63) is 71.8 Å². The Morgan fingerprint density at radius 1 is 0.957 bits per heavy atom. The molecule has 4 nitrogen and oxygen atoms in total. The summed E-state index contributed by atoms with van der Waals surface area (Å²) in [5, 5.41) is 0. The first-order chi connectivity index (χ1) is 11.2. The highest BCUT2D eigenvalue weighted by molar-refractivity contribution is 6.43. The van der Waals surface area contributed by atoms with Crippen LogP contribution in [-0.2, 0) is 16.0 Å². The third kappa shape index (κ3) is 3.21.